The molecule has 5 saturated heterocycles. The number of hydrogen-bond donors (Lipinski definition) is 0. The van der Waals surface area contributed by atoms with Gasteiger partial charge in [-0.25, -0.2) is 0 Å². The average molecular weight is 1870 g/mol. The maximum Gasteiger partial charge on any atom is 0.232 e. The van der Waals surface area contributed by atoms with E-state index in [1.807, 2.05) is 0 Å². The lowest BCUT2D eigenvalue weighted by Gasteiger charge is -2.56. The molecule has 133 heavy (non-hydrogen) atoms. The molecule has 0 amide bonds. The molecule has 0 aliphatic carbocycles. The van der Waals surface area contributed by atoms with Crippen molar-refractivity contribution in [1.82, 2.24) is 69.4 Å². The summed E-state index contributed by atoms with van der Waals surface area (Å²) in [5.74, 6) is 7.67. The summed E-state index contributed by atoms with van der Waals surface area (Å²) in [6.45, 7) is 78.9. The summed E-state index contributed by atoms with van der Waals surface area (Å²) in [6.07, 6.45) is 36.4. The average Bonchev–Trinajstić information content (AvgIpc) is 0.758. The van der Waals surface area contributed by atoms with E-state index in [9.17, 15) is 0 Å². The van der Waals surface area contributed by atoms with E-state index in [1.54, 1.807) is 0 Å². The van der Waals surface area contributed by atoms with E-state index in [4.69, 9.17) is 44.9 Å². The molecule has 8 heterocycles. The Morgan fingerprint density at radius 3 is 0.511 bits per heavy atom. The van der Waals surface area contributed by atoms with E-state index < -0.39 is 0 Å². The van der Waals surface area contributed by atoms with Crippen molar-refractivity contribution in [3.63, 3.8) is 0 Å². The Morgan fingerprint density at radius 1 is 0.195 bits per heavy atom. The number of nitrogens with zero attached hydrogens (tertiary/aromatic N) is 23. The van der Waals surface area contributed by atoms with E-state index in [0.29, 0.717) is 0 Å². The lowest BCUT2D eigenvalue weighted by molar-refractivity contribution is -0.0136. The zero-order valence-electron chi connectivity index (χ0n) is 89.2. The highest BCUT2D eigenvalue weighted by molar-refractivity contribution is 5.52. The molecule has 5 aliphatic rings. The smallest absolute Gasteiger partial charge is 0.232 e. The fourth-order valence-electron chi connectivity index (χ4n) is 22.9. The third kappa shape index (κ3) is 32.5. The number of aromatic nitrogens is 9. The summed E-state index contributed by atoms with van der Waals surface area (Å²) in [5.41, 5.74) is -0.511. The van der Waals surface area contributed by atoms with Crippen molar-refractivity contribution in [2.75, 3.05) is 165 Å². The largest absolute Gasteiger partial charge is 0.344 e. The van der Waals surface area contributed by atoms with Gasteiger partial charge in [-0.1, -0.05) is 177 Å². The van der Waals surface area contributed by atoms with Gasteiger partial charge >= 0.3 is 0 Å². The molecule has 23 nitrogen and oxygen atoms in total. The molecule has 0 saturated carbocycles. The number of hydrogen-bond acceptors (Lipinski definition) is 23. The molecule has 0 spiro atoms. The number of piperidine rings is 5. The molecule has 0 atom stereocenters. The van der Waals surface area contributed by atoms with Crippen LogP contribution in [0.1, 0.15) is 457 Å². The van der Waals surface area contributed by atoms with E-state index in [2.05, 4.69) is 305 Å². The third-order valence-corrected chi connectivity index (χ3v) is 32.3. The highest BCUT2D eigenvalue weighted by Gasteiger charge is 2.52. The number of rotatable bonds is 52. The van der Waals surface area contributed by atoms with Gasteiger partial charge in [-0.3, -0.25) is 24.5 Å². The van der Waals surface area contributed by atoms with Crippen molar-refractivity contribution in [1.29, 1.82) is 0 Å². The summed E-state index contributed by atoms with van der Waals surface area (Å²) >= 11 is 0. The van der Waals surface area contributed by atoms with Crippen molar-refractivity contribution >= 4 is 53.5 Å². The van der Waals surface area contributed by atoms with Crippen LogP contribution in [0.25, 0.3) is 0 Å². The first kappa shape index (κ1) is 124. The van der Waals surface area contributed by atoms with Crippen LogP contribution in [0, 0.1) is 0 Å². The van der Waals surface area contributed by atoms with Crippen molar-refractivity contribution < 1.29 is 0 Å². The Kier molecular flexibility index (Phi) is 50.0. The second-order valence-electron chi connectivity index (χ2n) is 46.9. The molecule has 5 aliphatic heterocycles. The van der Waals surface area contributed by atoms with Crippen molar-refractivity contribution in [3.8, 4) is 0 Å². The molecular weight excluding hydrogens is 1640 g/mol. The summed E-state index contributed by atoms with van der Waals surface area (Å²) < 4.78 is 0. The SMILES string of the molecule is C.C.C.C.C.C.CCCCN(C)c1nc(N(CCCC)CCCC)nc(N(CCCCCCN(c2nc(N(CCCC)C3CC(C)(C)N(C)C(C)(C)C3)nc(N(CCCCCCN(c3nc(N(CCCC)CCCC)nc(N(CCCC)CCCC)n3)C3CC(C)(C)N(C)C(C)(C)C3)C3CC(C)(C)N(C)C(C)(C)C3)n2)C2CC(C)(C)N(C)C(C)(C)C2)C2CC(C)(C)N(C)C(C)(C)C2)n1. The third-order valence-electron chi connectivity index (χ3n) is 32.3. The van der Waals surface area contributed by atoms with Crippen LogP contribution in [0.5, 0.6) is 0 Å². The minimum absolute atomic E-state index is 0. The summed E-state index contributed by atoms with van der Waals surface area (Å²) in [6, 6.07) is 1.12. The molecule has 0 bridgehead atoms. The first-order valence-electron chi connectivity index (χ1n) is 52.3. The minimum Gasteiger partial charge on any atom is -0.344 e. The van der Waals surface area contributed by atoms with Gasteiger partial charge in [0.05, 0.1) is 0 Å². The molecule has 8 rings (SSSR count). The topological polar surface area (TPSA) is 161 Å². The Labute approximate surface area is 825 Å². The number of unbranched alkanes of at least 4 members (excludes halogenated alkanes) is 14. The molecular formula is C110H223N23. The lowest BCUT2D eigenvalue weighted by atomic mass is 9.77. The number of anilines is 9. The standard InChI is InChI=1S/C104H199N23.6CH4/c1-35-43-59-114(29)86-105-87(120(60-44-36-2)61-45-37-3)108-90(106-86)124(82-73-97(13,14)116(31)98(15,16)74-82)67-55-51-53-57-69-126(84-77-101(21,22)118(33)102(23,24)78-84)93-111-92(123(66-50-42-8)81-71-95(9,10)115(30)96(11,12)72-81)112-94(113-93)127(85-79-103(25,26)119(34)104(27,28)80-85)70-58-54-52-56-68-125(83-75-99(17,18)117(32)100(19,20)76-83)91-109-88(121(62-46-38-4)63-47-39-5)107-89(110-91)122(64-48-40-6)65-49-41-7;;;;;;/h81-85H,35-80H2,1-34H3;6*1H4. The maximum atomic E-state index is 6.18. The van der Waals surface area contributed by atoms with E-state index in [-0.39, 0.29) is 130 Å². The van der Waals surface area contributed by atoms with Gasteiger partial charge in [-0.15, -0.1) is 0 Å². The summed E-state index contributed by atoms with van der Waals surface area (Å²) in [5, 5.41) is 0. The molecule has 0 radical (unpaired) electrons. The first-order chi connectivity index (χ1) is 59.5. The Hall–Kier alpha value is -4.97. The van der Waals surface area contributed by atoms with Gasteiger partial charge in [-0.2, -0.15) is 44.9 Å². The normalized spacial score (nSPS) is 20.1. The summed E-state index contributed by atoms with van der Waals surface area (Å²) in [4.78, 5) is 88.5. The predicted molar refractivity (Wildman–Crippen MR) is 587 cm³/mol. The Balaban J connectivity index is 0.00000998. The van der Waals surface area contributed by atoms with Gasteiger partial charge in [0.2, 0.25) is 53.5 Å². The highest BCUT2D eigenvalue weighted by Crippen LogP contribution is 2.48. The molecule has 3 aromatic heterocycles. The molecule has 3 aromatic rings. The van der Waals surface area contributed by atoms with E-state index in [0.717, 1.165) is 350 Å². The van der Waals surface area contributed by atoms with Gasteiger partial charge < -0.3 is 44.1 Å². The van der Waals surface area contributed by atoms with E-state index >= 15 is 0 Å². The van der Waals surface area contributed by atoms with Gasteiger partial charge in [-0.05, 0) is 315 Å². The van der Waals surface area contributed by atoms with Crippen LogP contribution in [0.15, 0.2) is 0 Å². The van der Waals surface area contributed by atoms with Crippen LogP contribution in [0.4, 0.5) is 53.5 Å². The number of likely N-dealkylation sites (tertiary alicyclic amines) is 5. The minimum atomic E-state index is -0.0797. The van der Waals surface area contributed by atoms with Crippen LogP contribution in [0.3, 0.4) is 0 Å². The monoisotopic (exact) mass is 1870 g/mol. The Morgan fingerprint density at radius 2 is 0.331 bits per heavy atom. The fraction of sp³-hybridized carbons (Fsp3) is 0.918. The zero-order valence-corrected chi connectivity index (χ0v) is 89.2. The first-order valence-corrected chi connectivity index (χ1v) is 52.3. The highest BCUT2D eigenvalue weighted by atomic mass is 15.5. The van der Waals surface area contributed by atoms with Gasteiger partial charge in [0.1, 0.15) is 0 Å². The molecule has 23 heteroatoms. The Bertz CT molecular complexity index is 3570. The van der Waals surface area contributed by atoms with Gasteiger partial charge in [0.25, 0.3) is 0 Å². The molecule has 5 fully saturated rings. The van der Waals surface area contributed by atoms with Crippen molar-refractivity contribution in [2.24, 2.45) is 0 Å². The van der Waals surface area contributed by atoms with Crippen LogP contribution in [-0.4, -0.2) is 276 Å². The summed E-state index contributed by atoms with van der Waals surface area (Å²) in [7, 11) is 14.0. The fourth-order valence-corrected chi connectivity index (χ4v) is 22.9. The molecule has 778 valence electrons. The second kappa shape index (κ2) is 53.6. The molecule has 0 N–H and O–H groups in total. The van der Waals surface area contributed by atoms with Crippen molar-refractivity contribution in [2.45, 2.75) is 542 Å². The van der Waals surface area contributed by atoms with Crippen LogP contribution < -0.4 is 44.1 Å². The quantitative estimate of drug-likeness (QED) is 0.0490. The van der Waals surface area contributed by atoms with E-state index in [1.165, 1.54) is 0 Å². The predicted octanol–water partition coefficient (Wildman–Crippen LogP) is 26.1. The van der Waals surface area contributed by atoms with Gasteiger partial charge in [0.15, 0.2) is 0 Å². The molecule has 0 unspecified atom stereocenters. The van der Waals surface area contributed by atoms with Gasteiger partial charge in [0, 0.05) is 171 Å². The second-order valence-corrected chi connectivity index (χ2v) is 46.9. The maximum absolute atomic E-state index is 6.18. The van der Waals surface area contributed by atoms with Crippen LogP contribution in [-0.2, 0) is 0 Å². The van der Waals surface area contributed by atoms with Crippen LogP contribution in [0.2, 0.25) is 0 Å². The lowest BCUT2D eigenvalue weighted by Crippen LogP contribution is -2.63. The molecule has 0 aromatic carbocycles. The zero-order chi connectivity index (χ0) is 94.1. The van der Waals surface area contributed by atoms with Crippen molar-refractivity contribution in [3.05, 3.63) is 0 Å². The van der Waals surface area contributed by atoms with Crippen LogP contribution >= 0.6 is 0 Å².